The van der Waals surface area contributed by atoms with Crippen LogP contribution in [-0.4, -0.2) is 28.0 Å². The van der Waals surface area contributed by atoms with Crippen LogP contribution in [0.4, 0.5) is 16.2 Å². The van der Waals surface area contributed by atoms with Crippen LogP contribution in [0.3, 0.4) is 0 Å². The monoisotopic (exact) mass is 323 g/mol. The molecule has 0 amide bonds. The molecule has 4 rings (SSSR count). The Morgan fingerprint density at radius 1 is 0.875 bits per heavy atom. The summed E-state index contributed by atoms with van der Waals surface area (Å²) < 4.78 is 13.1. The van der Waals surface area contributed by atoms with Crippen LogP contribution in [0.2, 0.25) is 0 Å². The predicted molar refractivity (Wildman–Crippen MR) is 93.2 cm³/mol. The van der Waals surface area contributed by atoms with Crippen LogP contribution >= 0.6 is 0 Å². The number of benzene rings is 1. The number of rotatable bonds is 2. The Labute approximate surface area is 139 Å². The minimum atomic E-state index is -0.260. The lowest BCUT2D eigenvalue weighted by molar-refractivity contribution is 0.574. The van der Waals surface area contributed by atoms with Gasteiger partial charge >= 0.3 is 0 Å². The van der Waals surface area contributed by atoms with Gasteiger partial charge < -0.3 is 10.6 Å². The predicted octanol–water partition coefficient (Wildman–Crippen LogP) is 3.40. The van der Waals surface area contributed by atoms with E-state index in [9.17, 15) is 4.39 Å². The Morgan fingerprint density at radius 3 is 2.38 bits per heavy atom. The minimum Gasteiger partial charge on any atom is -0.368 e. The molecule has 1 aliphatic heterocycles. The van der Waals surface area contributed by atoms with Crippen molar-refractivity contribution >= 4 is 22.8 Å². The number of anilines is 2. The molecule has 1 aromatic carbocycles. The maximum atomic E-state index is 13.1. The quantitative estimate of drug-likeness (QED) is 0.783. The molecule has 3 aromatic rings. The fourth-order valence-corrected chi connectivity index (χ4v) is 3.12. The van der Waals surface area contributed by atoms with Gasteiger partial charge in [-0.2, -0.15) is 4.98 Å². The van der Waals surface area contributed by atoms with Crippen LogP contribution in [0.25, 0.3) is 22.3 Å². The zero-order valence-corrected chi connectivity index (χ0v) is 13.2. The summed E-state index contributed by atoms with van der Waals surface area (Å²) in [6.07, 6.45) is 3.52. The number of nitrogens with two attached hydrogens (primary N) is 1. The zero-order valence-electron chi connectivity index (χ0n) is 13.2. The SMILES string of the molecule is Nc1nc(N2CCCCC2)c2nc(-c3ccc(F)cc3)ccc2n1. The molecular formula is C18H18FN5. The molecule has 122 valence electrons. The van der Waals surface area contributed by atoms with E-state index in [0.29, 0.717) is 0 Å². The van der Waals surface area contributed by atoms with E-state index in [1.165, 1.54) is 18.6 Å². The van der Waals surface area contributed by atoms with E-state index in [2.05, 4.69) is 14.9 Å². The van der Waals surface area contributed by atoms with Gasteiger partial charge in [0.25, 0.3) is 0 Å². The van der Waals surface area contributed by atoms with Crippen LogP contribution in [0.5, 0.6) is 0 Å². The second-order valence-corrected chi connectivity index (χ2v) is 6.02. The largest absolute Gasteiger partial charge is 0.368 e. The zero-order chi connectivity index (χ0) is 16.5. The molecule has 0 saturated carbocycles. The number of pyridine rings is 1. The number of fused-ring (bicyclic) bond motifs is 1. The second kappa shape index (κ2) is 6.03. The van der Waals surface area contributed by atoms with Crippen molar-refractivity contribution in [2.75, 3.05) is 23.7 Å². The fourth-order valence-electron chi connectivity index (χ4n) is 3.12. The first kappa shape index (κ1) is 14.8. The van der Waals surface area contributed by atoms with E-state index in [4.69, 9.17) is 10.7 Å². The van der Waals surface area contributed by atoms with Gasteiger partial charge in [0.15, 0.2) is 5.82 Å². The number of nitrogens with zero attached hydrogens (tertiary/aromatic N) is 4. The molecule has 0 radical (unpaired) electrons. The highest BCUT2D eigenvalue weighted by molar-refractivity contribution is 5.88. The third-order valence-electron chi connectivity index (χ3n) is 4.34. The molecule has 2 aromatic heterocycles. The van der Waals surface area contributed by atoms with Crippen LogP contribution in [0.15, 0.2) is 36.4 Å². The molecule has 1 aliphatic rings. The van der Waals surface area contributed by atoms with Gasteiger partial charge in [-0.25, -0.2) is 14.4 Å². The van der Waals surface area contributed by atoms with E-state index < -0.39 is 0 Å². The normalized spacial score (nSPS) is 15.0. The molecule has 1 saturated heterocycles. The summed E-state index contributed by atoms with van der Waals surface area (Å²) in [5, 5.41) is 0. The lowest BCUT2D eigenvalue weighted by atomic mass is 10.1. The molecule has 2 N–H and O–H groups in total. The molecule has 0 atom stereocenters. The molecule has 0 unspecified atom stereocenters. The molecular weight excluding hydrogens is 305 g/mol. The molecule has 1 fully saturated rings. The average Bonchev–Trinajstić information content (AvgIpc) is 2.62. The summed E-state index contributed by atoms with van der Waals surface area (Å²) in [4.78, 5) is 15.7. The third kappa shape index (κ3) is 2.75. The van der Waals surface area contributed by atoms with E-state index >= 15 is 0 Å². The van der Waals surface area contributed by atoms with Gasteiger partial charge in [0.2, 0.25) is 5.95 Å². The Balaban J connectivity index is 1.85. The summed E-state index contributed by atoms with van der Waals surface area (Å²) in [6, 6.07) is 10.1. The second-order valence-electron chi connectivity index (χ2n) is 6.02. The summed E-state index contributed by atoms with van der Waals surface area (Å²) in [5.74, 6) is 0.796. The molecule has 3 heterocycles. The first-order valence-electron chi connectivity index (χ1n) is 8.16. The van der Waals surface area contributed by atoms with E-state index in [0.717, 1.165) is 54.0 Å². The van der Waals surface area contributed by atoms with Gasteiger partial charge in [-0.15, -0.1) is 0 Å². The van der Waals surface area contributed by atoms with Crippen molar-refractivity contribution in [3.63, 3.8) is 0 Å². The van der Waals surface area contributed by atoms with Gasteiger partial charge in [-0.3, -0.25) is 0 Å². The van der Waals surface area contributed by atoms with Crippen molar-refractivity contribution in [3.8, 4) is 11.3 Å². The third-order valence-corrected chi connectivity index (χ3v) is 4.34. The highest BCUT2D eigenvalue weighted by Gasteiger charge is 2.18. The standard InChI is InChI=1S/C18H18FN5/c19-13-6-4-12(5-7-13)14-8-9-15-16(21-14)17(23-18(20)22-15)24-10-2-1-3-11-24/h4-9H,1-3,10-11H2,(H2,20,22,23). The van der Waals surface area contributed by atoms with Crippen molar-refractivity contribution in [2.45, 2.75) is 19.3 Å². The Bertz CT molecular complexity index is 872. The van der Waals surface area contributed by atoms with Gasteiger partial charge in [0.05, 0.1) is 11.2 Å². The van der Waals surface area contributed by atoms with Crippen LogP contribution < -0.4 is 10.6 Å². The summed E-state index contributed by atoms with van der Waals surface area (Å²) in [6.45, 7) is 1.90. The lowest BCUT2D eigenvalue weighted by Gasteiger charge is -2.28. The molecule has 0 spiro atoms. The van der Waals surface area contributed by atoms with E-state index in [1.807, 2.05) is 12.1 Å². The number of nitrogen functional groups attached to an aromatic ring is 1. The molecule has 6 heteroatoms. The summed E-state index contributed by atoms with van der Waals surface area (Å²) in [7, 11) is 0. The van der Waals surface area contributed by atoms with Crippen LogP contribution in [0, 0.1) is 5.82 Å². The van der Waals surface area contributed by atoms with Crippen molar-refractivity contribution < 1.29 is 4.39 Å². The van der Waals surface area contributed by atoms with Crippen molar-refractivity contribution in [3.05, 3.63) is 42.2 Å². The Hall–Kier alpha value is -2.76. The molecule has 5 nitrogen and oxygen atoms in total. The average molecular weight is 323 g/mol. The fraction of sp³-hybridized carbons (Fsp3) is 0.278. The molecule has 24 heavy (non-hydrogen) atoms. The highest BCUT2D eigenvalue weighted by atomic mass is 19.1. The van der Waals surface area contributed by atoms with Crippen LogP contribution in [-0.2, 0) is 0 Å². The molecule has 0 bridgehead atoms. The van der Waals surface area contributed by atoms with Gasteiger partial charge in [0.1, 0.15) is 11.3 Å². The number of piperidine rings is 1. The Kier molecular flexibility index (Phi) is 3.72. The summed E-state index contributed by atoms with van der Waals surface area (Å²) >= 11 is 0. The highest BCUT2D eigenvalue weighted by Crippen LogP contribution is 2.28. The minimum absolute atomic E-state index is 0.260. The van der Waals surface area contributed by atoms with Crippen molar-refractivity contribution in [2.24, 2.45) is 0 Å². The summed E-state index contributed by atoms with van der Waals surface area (Å²) in [5.41, 5.74) is 8.99. The van der Waals surface area contributed by atoms with Gasteiger partial charge in [-0.05, 0) is 55.7 Å². The van der Waals surface area contributed by atoms with Gasteiger partial charge in [-0.1, -0.05) is 0 Å². The number of hydrogen-bond acceptors (Lipinski definition) is 5. The topological polar surface area (TPSA) is 67.9 Å². The van der Waals surface area contributed by atoms with Gasteiger partial charge in [0, 0.05) is 18.7 Å². The van der Waals surface area contributed by atoms with E-state index in [-0.39, 0.29) is 11.8 Å². The first-order chi connectivity index (χ1) is 11.7. The lowest BCUT2D eigenvalue weighted by Crippen LogP contribution is -2.30. The van der Waals surface area contributed by atoms with Crippen molar-refractivity contribution in [1.29, 1.82) is 0 Å². The van der Waals surface area contributed by atoms with E-state index in [1.54, 1.807) is 12.1 Å². The number of hydrogen-bond donors (Lipinski definition) is 1. The maximum absolute atomic E-state index is 13.1. The first-order valence-corrected chi connectivity index (χ1v) is 8.16. The maximum Gasteiger partial charge on any atom is 0.222 e. The smallest absolute Gasteiger partial charge is 0.222 e. The number of aromatic nitrogens is 3. The van der Waals surface area contributed by atoms with Crippen LogP contribution in [0.1, 0.15) is 19.3 Å². The van der Waals surface area contributed by atoms with Crippen molar-refractivity contribution in [1.82, 2.24) is 15.0 Å². The number of halogens is 1. The molecule has 0 aliphatic carbocycles. The Morgan fingerprint density at radius 2 is 1.62 bits per heavy atom.